The van der Waals surface area contributed by atoms with Crippen LogP contribution in [0, 0.1) is 41.4 Å². The highest BCUT2D eigenvalue weighted by atomic mass is 16.2. The number of imidazole rings is 1. The van der Waals surface area contributed by atoms with Crippen LogP contribution in [-0.4, -0.2) is 21.8 Å². The average Bonchev–Trinajstić information content (AvgIpc) is 3.44. The number of hydrogen-bond donors (Lipinski definition) is 3. The number of rotatable bonds is 6. The Bertz CT molecular complexity index is 1360. The molecule has 1 aromatic heterocycles. The standard InChI is InChI=1S/C34H40N4O2/c1-20-6-8-24(9-7-20)33(39)36-27-12-10-23(11-13-27)32-35-19-30(37-32)28-4-2-3-5-29(28)38-34(40)31-25-15-21-14-22(17-25)18-26(31)16-21/h2-5,10-13,19-22,24-26,31H,6-9,14-18H2,1H3,(H,35,37)(H,36,39)(H,38,40). The van der Waals surface area contributed by atoms with Gasteiger partial charge in [0.2, 0.25) is 11.8 Å². The van der Waals surface area contributed by atoms with Crippen LogP contribution in [0.3, 0.4) is 0 Å². The van der Waals surface area contributed by atoms with E-state index in [4.69, 9.17) is 0 Å². The van der Waals surface area contributed by atoms with E-state index < -0.39 is 0 Å². The van der Waals surface area contributed by atoms with E-state index in [1.54, 1.807) is 0 Å². The number of nitrogens with zero attached hydrogens (tertiary/aromatic N) is 1. The summed E-state index contributed by atoms with van der Waals surface area (Å²) in [5.74, 6) is 4.91. The first-order valence-electron chi connectivity index (χ1n) is 15.4. The summed E-state index contributed by atoms with van der Waals surface area (Å²) in [6.07, 6.45) is 12.4. The maximum absolute atomic E-state index is 13.6. The number of anilines is 2. The molecule has 208 valence electrons. The summed E-state index contributed by atoms with van der Waals surface area (Å²) in [6, 6.07) is 15.9. The number of para-hydroxylation sites is 1. The molecule has 5 aliphatic carbocycles. The molecular formula is C34H40N4O2. The van der Waals surface area contributed by atoms with Crippen LogP contribution in [-0.2, 0) is 9.59 Å². The number of nitrogens with one attached hydrogen (secondary N) is 3. The van der Waals surface area contributed by atoms with Crippen LogP contribution < -0.4 is 10.6 Å². The predicted octanol–water partition coefficient (Wildman–Crippen LogP) is 7.52. The van der Waals surface area contributed by atoms with Crippen molar-refractivity contribution in [3.05, 3.63) is 54.7 Å². The van der Waals surface area contributed by atoms with Gasteiger partial charge in [-0.15, -0.1) is 0 Å². The van der Waals surface area contributed by atoms with Gasteiger partial charge in [0, 0.05) is 28.7 Å². The van der Waals surface area contributed by atoms with Crippen molar-refractivity contribution in [2.45, 2.75) is 64.7 Å². The molecule has 5 saturated carbocycles. The Morgan fingerprint density at radius 1 is 0.800 bits per heavy atom. The minimum atomic E-state index is 0.118. The van der Waals surface area contributed by atoms with Crippen molar-refractivity contribution in [3.8, 4) is 22.6 Å². The van der Waals surface area contributed by atoms with Gasteiger partial charge in [0.1, 0.15) is 5.82 Å². The van der Waals surface area contributed by atoms with Gasteiger partial charge in [-0.3, -0.25) is 9.59 Å². The molecule has 8 rings (SSSR count). The van der Waals surface area contributed by atoms with Crippen molar-refractivity contribution >= 4 is 23.2 Å². The molecule has 3 aromatic rings. The van der Waals surface area contributed by atoms with E-state index in [9.17, 15) is 9.59 Å². The Labute approximate surface area is 236 Å². The fraction of sp³-hybridized carbons (Fsp3) is 0.500. The Morgan fingerprint density at radius 2 is 1.48 bits per heavy atom. The predicted molar refractivity (Wildman–Crippen MR) is 158 cm³/mol. The average molecular weight is 537 g/mol. The van der Waals surface area contributed by atoms with E-state index >= 15 is 0 Å². The second kappa shape index (κ2) is 10.5. The molecule has 40 heavy (non-hydrogen) atoms. The van der Waals surface area contributed by atoms with Crippen LogP contribution >= 0.6 is 0 Å². The van der Waals surface area contributed by atoms with Crippen molar-refractivity contribution < 1.29 is 9.59 Å². The van der Waals surface area contributed by atoms with Crippen LogP contribution in [0.2, 0.25) is 0 Å². The first kappa shape index (κ1) is 25.6. The molecule has 5 fully saturated rings. The normalized spacial score (nSPS) is 30.7. The molecule has 2 amide bonds. The molecule has 6 heteroatoms. The number of hydrogen-bond acceptors (Lipinski definition) is 3. The van der Waals surface area contributed by atoms with Gasteiger partial charge in [0.15, 0.2) is 0 Å². The van der Waals surface area contributed by atoms with Crippen LogP contribution in [0.25, 0.3) is 22.6 Å². The fourth-order valence-electron chi connectivity index (χ4n) is 8.48. The largest absolute Gasteiger partial charge is 0.338 e. The summed E-state index contributed by atoms with van der Waals surface area (Å²) in [7, 11) is 0. The summed E-state index contributed by atoms with van der Waals surface area (Å²) in [6.45, 7) is 2.27. The van der Waals surface area contributed by atoms with Crippen molar-refractivity contribution in [2.24, 2.45) is 41.4 Å². The Kier molecular flexibility index (Phi) is 6.73. The highest BCUT2D eigenvalue weighted by Crippen LogP contribution is 2.56. The highest BCUT2D eigenvalue weighted by Gasteiger charge is 2.50. The second-order valence-corrected chi connectivity index (χ2v) is 13.2. The van der Waals surface area contributed by atoms with Crippen LogP contribution in [0.5, 0.6) is 0 Å². The first-order valence-corrected chi connectivity index (χ1v) is 15.4. The number of benzene rings is 2. The first-order chi connectivity index (χ1) is 19.5. The summed E-state index contributed by atoms with van der Waals surface area (Å²) in [4.78, 5) is 34.4. The molecule has 6 nitrogen and oxygen atoms in total. The molecule has 0 saturated heterocycles. The minimum Gasteiger partial charge on any atom is -0.338 e. The number of carbonyl (C=O) groups is 2. The van der Waals surface area contributed by atoms with Gasteiger partial charge in [0.05, 0.1) is 17.6 Å². The third-order valence-electron chi connectivity index (χ3n) is 10.4. The molecule has 0 unspecified atom stereocenters. The zero-order valence-electron chi connectivity index (χ0n) is 23.4. The van der Waals surface area contributed by atoms with E-state index in [0.29, 0.717) is 11.8 Å². The lowest BCUT2D eigenvalue weighted by Crippen LogP contribution is -2.49. The maximum atomic E-state index is 13.6. The third-order valence-corrected chi connectivity index (χ3v) is 10.4. The topological polar surface area (TPSA) is 86.9 Å². The number of amides is 2. The van der Waals surface area contributed by atoms with Gasteiger partial charge in [0.25, 0.3) is 0 Å². The summed E-state index contributed by atoms with van der Waals surface area (Å²) in [5.41, 5.74) is 4.43. The molecule has 1 heterocycles. The van der Waals surface area contributed by atoms with E-state index in [2.05, 4.69) is 27.5 Å². The zero-order valence-corrected chi connectivity index (χ0v) is 23.4. The third kappa shape index (κ3) is 4.97. The van der Waals surface area contributed by atoms with E-state index in [-0.39, 0.29) is 23.7 Å². The number of aromatic amines is 1. The van der Waals surface area contributed by atoms with Crippen molar-refractivity contribution in [2.75, 3.05) is 10.6 Å². The molecule has 0 spiro atoms. The zero-order chi connectivity index (χ0) is 27.2. The molecule has 5 aliphatic rings. The molecule has 3 N–H and O–H groups in total. The van der Waals surface area contributed by atoms with Crippen molar-refractivity contribution in [1.29, 1.82) is 0 Å². The van der Waals surface area contributed by atoms with Crippen molar-refractivity contribution in [3.63, 3.8) is 0 Å². The van der Waals surface area contributed by atoms with E-state index in [1.165, 1.54) is 32.1 Å². The van der Waals surface area contributed by atoms with Gasteiger partial charge in [-0.05, 0) is 118 Å². The SMILES string of the molecule is CC1CCC(C(=O)Nc2ccc(-c3ncc(-c4ccccc4NC(=O)C4C5CC6CC(C5)CC4C6)[nH]3)cc2)CC1. The number of aromatic nitrogens is 2. The van der Waals surface area contributed by atoms with Gasteiger partial charge in [-0.1, -0.05) is 25.1 Å². The molecule has 4 bridgehead atoms. The lowest BCUT2D eigenvalue weighted by Gasteiger charge is -2.53. The fourth-order valence-corrected chi connectivity index (χ4v) is 8.48. The smallest absolute Gasteiger partial charge is 0.228 e. The molecule has 0 aliphatic heterocycles. The molecule has 2 aromatic carbocycles. The molecular weight excluding hydrogens is 496 g/mol. The van der Waals surface area contributed by atoms with Gasteiger partial charge >= 0.3 is 0 Å². The van der Waals surface area contributed by atoms with Gasteiger partial charge < -0.3 is 15.6 Å². The van der Waals surface area contributed by atoms with Crippen LogP contribution in [0.4, 0.5) is 11.4 Å². The summed E-state index contributed by atoms with van der Waals surface area (Å²) in [5, 5.41) is 6.41. The minimum absolute atomic E-state index is 0.118. The Hall–Kier alpha value is -3.41. The molecule has 0 atom stereocenters. The number of H-pyrrole nitrogens is 1. The lowest BCUT2D eigenvalue weighted by atomic mass is 9.51. The summed E-state index contributed by atoms with van der Waals surface area (Å²) < 4.78 is 0. The molecule has 0 radical (unpaired) electrons. The quantitative estimate of drug-likeness (QED) is 0.304. The van der Waals surface area contributed by atoms with Gasteiger partial charge in [-0.2, -0.15) is 0 Å². The Balaban J connectivity index is 1.03. The van der Waals surface area contributed by atoms with Crippen LogP contribution in [0.1, 0.15) is 64.7 Å². The number of carbonyl (C=O) groups excluding carboxylic acids is 2. The lowest BCUT2D eigenvalue weighted by molar-refractivity contribution is -0.132. The highest BCUT2D eigenvalue weighted by molar-refractivity contribution is 5.97. The monoisotopic (exact) mass is 536 g/mol. The van der Waals surface area contributed by atoms with E-state index in [1.807, 2.05) is 54.7 Å². The van der Waals surface area contributed by atoms with Crippen LogP contribution in [0.15, 0.2) is 54.7 Å². The van der Waals surface area contributed by atoms with Gasteiger partial charge in [-0.25, -0.2) is 4.98 Å². The van der Waals surface area contributed by atoms with E-state index in [0.717, 1.165) is 77.5 Å². The maximum Gasteiger partial charge on any atom is 0.228 e. The van der Waals surface area contributed by atoms with Crippen molar-refractivity contribution in [1.82, 2.24) is 9.97 Å². The summed E-state index contributed by atoms with van der Waals surface area (Å²) >= 11 is 0. The second-order valence-electron chi connectivity index (χ2n) is 13.2. The Morgan fingerprint density at radius 3 is 2.17 bits per heavy atom.